The Morgan fingerprint density at radius 1 is 1.00 bits per heavy atom. The van der Waals surface area contributed by atoms with E-state index in [1.165, 1.54) is 4.40 Å². The molecule has 0 aliphatic heterocycles. The third-order valence-corrected chi connectivity index (χ3v) is 3.91. The van der Waals surface area contributed by atoms with Crippen LogP contribution in [0.3, 0.4) is 0 Å². The maximum absolute atomic E-state index is 13.4. The summed E-state index contributed by atoms with van der Waals surface area (Å²) in [5.74, 6) is 0.156. The van der Waals surface area contributed by atoms with E-state index >= 15 is 0 Å². The summed E-state index contributed by atoms with van der Waals surface area (Å²) < 4.78 is 41.8. The number of rotatable bonds is 1. The van der Waals surface area contributed by atoms with Crippen molar-refractivity contribution in [3.63, 3.8) is 0 Å². The number of aromatic nitrogens is 3. The summed E-state index contributed by atoms with van der Waals surface area (Å²) in [5.41, 5.74) is 0.851. The number of nitrogens with one attached hydrogen (secondary N) is 1. The van der Waals surface area contributed by atoms with Crippen LogP contribution >= 0.6 is 11.6 Å². The van der Waals surface area contributed by atoms with Crippen molar-refractivity contribution in [2.24, 2.45) is 0 Å². The second-order valence-electron chi connectivity index (χ2n) is 5.11. The molecule has 0 saturated heterocycles. The molecule has 3 nitrogen and oxygen atoms in total. The van der Waals surface area contributed by atoms with Gasteiger partial charge in [-0.05, 0) is 24.3 Å². The summed E-state index contributed by atoms with van der Waals surface area (Å²) >= 11 is 5.85. The number of hydrogen-bond acceptors (Lipinski definition) is 1. The van der Waals surface area contributed by atoms with Crippen molar-refractivity contribution in [1.82, 2.24) is 14.4 Å². The van der Waals surface area contributed by atoms with Crippen molar-refractivity contribution in [3.05, 3.63) is 59.2 Å². The minimum Gasteiger partial charge on any atom is -0.319 e. The quantitative estimate of drug-likeness (QED) is 0.512. The van der Waals surface area contributed by atoms with Gasteiger partial charge in [-0.3, -0.25) is 4.40 Å². The number of halogens is 4. The van der Waals surface area contributed by atoms with Crippen LogP contribution in [0.4, 0.5) is 13.2 Å². The van der Waals surface area contributed by atoms with Gasteiger partial charge in [-0.1, -0.05) is 35.9 Å². The van der Waals surface area contributed by atoms with Crippen LogP contribution in [0.15, 0.2) is 48.5 Å². The fraction of sp³-hybridized carbons (Fsp3) is 0.0625. The third-order valence-electron chi connectivity index (χ3n) is 3.66. The Kier molecular flexibility index (Phi) is 2.93. The zero-order chi connectivity index (χ0) is 16.2. The van der Waals surface area contributed by atoms with Crippen LogP contribution in [-0.4, -0.2) is 14.4 Å². The average molecular weight is 336 g/mol. The molecule has 0 amide bonds. The molecule has 0 bridgehead atoms. The molecule has 116 valence electrons. The number of nitrogens with zero attached hydrogens (tertiary/aromatic N) is 2. The van der Waals surface area contributed by atoms with E-state index < -0.39 is 11.9 Å². The minimum absolute atomic E-state index is 0.0258. The van der Waals surface area contributed by atoms with Crippen LogP contribution in [0.1, 0.15) is 5.69 Å². The molecular weight excluding hydrogens is 327 g/mol. The van der Waals surface area contributed by atoms with Crippen LogP contribution < -0.4 is 0 Å². The predicted molar refractivity (Wildman–Crippen MR) is 82.5 cm³/mol. The lowest BCUT2D eigenvalue weighted by Gasteiger charge is -2.09. The highest BCUT2D eigenvalue weighted by molar-refractivity contribution is 6.30. The van der Waals surface area contributed by atoms with Gasteiger partial charge in [0.05, 0.1) is 16.7 Å². The van der Waals surface area contributed by atoms with E-state index in [1.54, 1.807) is 48.5 Å². The Morgan fingerprint density at radius 2 is 1.70 bits per heavy atom. The van der Waals surface area contributed by atoms with E-state index in [1.807, 2.05) is 0 Å². The molecule has 2 heterocycles. The van der Waals surface area contributed by atoms with Crippen LogP contribution in [-0.2, 0) is 6.18 Å². The number of benzene rings is 2. The van der Waals surface area contributed by atoms with Crippen molar-refractivity contribution in [2.75, 3.05) is 0 Å². The van der Waals surface area contributed by atoms with Gasteiger partial charge in [0.25, 0.3) is 0 Å². The molecule has 23 heavy (non-hydrogen) atoms. The Balaban J connectivity index is 2.14. The molecule has 0 aliphatic carbocycles. The maximum atomic E-state index is 13.4. The van der Waals surface area contributed by atoms with Crippen molar-refractivity contribution in [2.45, 2.75) is 6.18 Å². The lowest BCUT2D eigenvalue weighted by molar-refractivity contribution is -0.140. The molecular formula is C16H9ClF3N3. The summed E-state index contributed by atoms with van der Waals surface area (Å²) in [7, 11) is 0. The number of imidazole rings is 2. The monoisotopic (exact) mass is 335 g/mol. The average Bonchev–Trinajstić information content (AvgIpc) is 3.03. The first-order valence-corrected chi connectivity index (χ1v) is 7.15. The van der Waals surface area contributed by atoms with Crippen molar-refractivity contribution >= 4 is 28.4 Å². The fourth-order valence-electron chi connectivity index (χ4n) is 2.71. The van der Waals surface area contributed by atoms with Gasteiger partial charge >= 0.3 is 6.18 Å². The Labute approximate surface area is 133 Å². The largest absolute Gasteiger partial charge is 0.433 e. The van der Waals surface area contributed by atoms with Crippen LogP contribution in [0.2, 0.25) is 5.02 Å². The van der Waals surface area contributed by atoms with Gasteiger partial charge in [0.15, 0.2) is 0 Å². The Bertz CT molecular complexity index is 1010. The first-order valence-electron chi connectivity index (χ1n) is 6.77. The van der Waals surface area contributed by atoms with E-state index in [9.17, 15) is 13.2 Å². The Hall–Kier alpha value is -2.47. The summed E-state index contributed by atoms with van der Waals surface area (Å²) in [5, 5.41) is 0.463. The van der Waals surface area contributed by atoms with E-state index in [0.29, 0.717) is 21.6 Å². The molecule has 0 saturated carbocycles. The molecule has 4 rings (SSSR count). The summed E-state index contributed by atoms with van der Waals surface area (Å²) in [6.07, 6.45) is -4.52. The van der Waals surface area contributed by atoms with Gasteiger partial charge in [-0.25, -0.2) is 4.98 Å². The van der Waals surface area contributed by atoms with Crippen molar-refractivity contribution in [1.29, 1.82) is 0 Å². The highest BCUT2D eigenvalue weighted by Crippen LogP contribution is 2.38. The van der Waals surface area contributed by atoms with Gasteiger partial charge in [0.2, 0.25) is 5.78 Å². The van der Waals surface area contributed by atoms with Crippen LogP contribution in [0.25, 0.3) is 28.1 Å². The number of fused-ring (bicyclic) bond motifs is 3. The molecule has 2 aromatic carbocycles. The van der Waals surface area contributed by atoms with E-state index in [2.05, 4.69) is 9.97 Å². The number of alkyl halides is 3. The van der Waals surface area contributed by atoms with Gasteiger partial charge in [0, 0.05) is 10.6 Å². The second-order valence-corrected chi connectivity index (χ2v) is 5.55. The number of hydrogen-bond donors (Lipinski definition) is 1. The zero-order valence-corrected chi connectivity index (χ0v) is 12.3. The standard InChI is InChI=1S/C16H9ClF3N3/c17-10-7-5-9(6-8-10)13-14(16(18,19)20)22-15-21-11-3-1-2-4-12(11)23(13)15/h1-8H,(H,21,22). The van der Waals surface area contributed by atoms with Gasteiger partial charge in [0.1, 0.15) is 5.69 Å². The molecule has 0 radical (unpaired) electrons. The molecule has 0 fully saturated rings. The molecule has 2 aromatic heterocycles. The fourth-order valence-corrected chi connectivity index (χ4v) is 2.83. The van der Waals surface area contributed by atoms with Gasteiger partial charge in [-0.15, -0.1) is 0 Å². The smallest absolute Gasteiger partial charge is 0.319 e. The molecule has 1 N–H and O–H groups in total. The lowest BCUT2D eigenvalue weighted by atomic mass is 10.1. The zero-order valence-electron chi connectivity index (χ0n) is 11.5. The summed E-state index contributed by atoms with van der Waals surface area (Å²) in [4.78, 5) is 6.63. The topological polar surface area (TPSA) is 33.1 Å². The minimum atomic E-state index is -4.52. The SMILES string of the molecule is FC(F)(F)c1[nH]c2nc3ccccc3n2c1-c1ccc(Cl)cc1. The first kappa shape index (κ1) is 14.1. The molecule has 4 aromatic rings. The summed E-state index contributed by atoms with van der Waals surface area (Å²) in [6.45, 7) is 0. The van der Waals surface area contributed by atoms with Gasteiger partial charge < -0.3 is 4.98 Å². The predicted octanol–water partition coefficient (Wildman–Crippen LogP) is 5.15. The first-order chi connectivity index (χ1) is 10.9. The molecule has 0 aliphatic rings. The molecule has 0 spiro atoms. The number of aromatic amines is 1. The van der Waals surface area contributed by atoms with Crippen molar-refractivity contribution < 1.29 is 13.2 Å². The van der Waals surface area contributed by atoms with Gasteiger partial charge in [-0.2, -0.15) is 13.2 Å². The van der Waals surface area contributed by atoms with Crippen LogP contribution in [0.5, 0.6) is 0 Å². The number of H-pyrrole nitrogens is 1. The highest BCUT2D eigenvalue weighted by atomic mass is 35.5. The molecule has 0 atom stereocenters. The molecule has 0 unspecified atom stereocenters. The van der Waals surface area contributed by atoms with E-state index in [-0.39, 0.29) is 11.5 Å². The van der Waals surface area contributed by atoms with Crippen LogP contribution in [0, 0.1) is 0 Å². The highest BCUT2D eigenvalue weighted by Gasteiger charge is 2.38. The molecule has 7 heteroatoms. The second kappa shape index (κ2) is 4.76. The number of para-hydroxylation sites is 2. The van der Waals surface area contributed by atoms with Crippen molar-refractivity contribution in [3.8, 4) is 11.3 Å². The summed E-state index contributed by atoms with van der Waals surface area (Å²) in [6, 6.07) is 13.3. The third kappa shape index (κ3) is 2.17. The Morgan fingerprint density at radius 3 is 2.39 bits per heavy atom. The lowest BCUT2D eigenvalue weighted by Crippen LogP contribution is -2.08. The maximum Gasteiger partial charge on any atom is 0.433 e. The normalized spacial score (nSPS) is 12.3. The van der Waals surface area contributed by atoms with E-state index in [4.69, 9.17) is 11.6 Å². The van der Waals surface area contributed by atoms with E-state index in [0.717, 1.165) is 0 Å².